The number of anilines is 1. The van der Waals surface area contributed by atoms with Gasteiger partial charge in [0.1, 0.15) is 12.6 Å². The van der Waals surface area contributed by atoms with Crippen molar-refractivity contribution < 1.29 is 9.59 Å². The number of carbonyl (C=O) groups excluding carboxylic acids is 2. The largest absolute Gasteiger partial charge is 0.342 e. The summed E-state index contributed by atoms with van der Waals surface area (Å²) in [6.45, 7) is 6.12. The fourth-order valence-corrected chi connectivity index (χ4v) is 2.58. The molecule has 0 aromatic heterocycles. The number of hydrogen-bond donors (Lipinski definition) is 1. The molecule has 108 valence electrons. The van der Waals surface area contributed by atoms with Gasteiger partial charge in [-0.1, -0.05) is 45.4 Å². The van der Waals surface area contributed by atoms with Crippen LogP contribution in [0.2, 0.25) is 0 Å². The molecule has 4 heteroatoms. The minimum absolute atomic E-state index is 0.0110. The first-order valence-electron chi connectivity index (χ1n) is 7.23. The van der Waals surface area contributed by atoms with Gasteiger partial charge in [0.2, 0.25) is 11.8 Å². The molecule has 1 saturated heterocycles. The van der Waals surface area contributed by atoms with E-state index in [-0.39, 0.29) is 24.3 Å². The second-order valence-corrected chi connectivity index (χ2v) is 5.59. The second kappa shape index (κ2) is 6.07. The Bertz CT molecular complexity index is 511. The van der Waals surface area contributed by atoms with Gasteiger partial charge in [-0.25, -0.2) is 0 Å². The Morgan fingerprint density at radius 3 is 2.65 bits per heavy atom. The molecule has 1 aliphatic rings. The maximum Gasteiger partial charge on any atom is 0.250 e. The van der Waals surface area contributed by atoms with Gasteiger partial charge in [-0.3, -0.25) is 9.59 Å². The Morgan fingerprint density at radius 2 is 2.00 bits per heavy atom. The van der Waals surface area contributed by atoms with Crippen LogP contribution in [0.5, 0.6) is 0 Å². The summed E-state index contributed by atoms with van der Waals surface area (Å²) in [6, 6.07) is 7.43. The summed E-state index contributed by atoms with van der Waals surface area (Å²) in [7, 11) is 0. The number of piperazine rings is 1. The highest BCUT2D eigenvalue weighted by molar-refractivity contribution is 6.07. The standard InChI is InChI=1S/C16H22N2O2/c1-4-7-12-8-5-6-9-13(12)18-10-14(19)17-15(11(2)3)16(18)20/h5-6,8-9,11,15H,4,7,10H2,1-3H3,(H,17,19). The van der Waals surface area contributed by atoms with Crippen molar-refractivity contribution in [2.24, 2.45) is 5.92 Å². The van der Waals surface area contributed by atoms with Crippen molar-refractivity contribution in [1.29, 1.82) is 0 Å². The Kier molecular flexibility index (Phi) is 4.42. The van der Waals surface area contributed by atoms with Gasteiger partial charge in [-0.15, -0.1) is 0 Å². The van der Waals surface area contributed by atoms with Crippen LogP contribution in [0, 0.1) is 5.92 Å². The lowest BCUT2D eigenvalue weighted by Gasteiger charge is -2.35. The predicted octanol–water partition coefficient (Wildman–Crippen LogP) is 2.13. The molecule has 2 amide bonds. The smallest absolute Gasteiger partial charge is 0.250 e. The van der Waals surface area contributed by atoms with Gasteiger partial charge in [0.15, 0.2) is 0 Å². The third-order valence-electron chi connectivity index (χ3n) is 3.62. The van der Waals surface area contributed by atoms with Gasteiger partial charge in [-0.2, -0.15) is 0 Å². The van der Waals surface area contributed by atoms with E-state index in [9.17, 15) is 9.59 Å². The summed E-state index contributed by atoms with van der Waals surface area (Å²) in [6.07, 6.45) is 1.92. The normalized spacial score (nSPS) is 19.4. The van der Waals surface area contributed by atoms with E-state index in [0.29, 0.717) is 0 Å². The molecule has 1 unspecified atom stereocenters. The molecule has 1 aromatic carbocycles. The molecule has 0 bridgehead atoms. The average molecular weight is 274 g/mol. The Balaban J connectivity index is 2.35. The molecule has 20 heavy (non-hydrogen) atoms. The number of nitrogens with zero attached hydrogens (tertiary/aromatic N) is 1. The Labute approximate surface area is 120 Å². The third kappa shape index (κ3) is 2.84. The molecular weight excluding hydrogens is 252 g/mol. The van der Waals surface area contributed by atoms with Crippen molar-refractivity contribution in [3.8, 4) is 0 Å². The molecule has 1 atom stereocenters. The lowest BCUT2D eigenvalue weighted by atomic mass is 9.99. The summed E-state index contributed by atoms with van der Waals surface area (Å²) >= 11 is 0. The minimum Gasteiger partial charge on any atom is -0.342 e. The highest BCUT2D eigenvalue weighted by Gasteiger charge is 2.35. The van der Waals surface area contributed by atoms with Gasteiger partial charge in [0, 0.05) is 5.69 Å². The summed E-state index contributed by atoms with van der Waals surface area (Å²) in [5, 5.41) is 2.79. The monoisotopic (exact) mass is 274 g/mol. The van der Waals surface area contributed by atoms with Crippen LogP contribution in [0.25, 0.3) is 0 Å². The molecule has 2 rings (SSSR count). The van der Waals surface area contributed by atoms with Crippen molar-refractivity contribution in [3.63, 3.8) is 0 Å². The van der Waals surface area contributed by atoms with Crippen LogP contribution in [-0.2, 0) is 16.0 Å². The first-order chi connectivity index (χ1) is 9.54. The molecule has 1 aliphatic heterocycles. The number of amides is 2. The summed E-state index contributed by atoms with van der Waals surface area (Å²) in [5.74, 6) is -0.00894. The van der Waals surface area contributed by atoms with Crippen molar-refractivity contribution in [3.05, 3.63) is 29.8 Å². The predicted molar refractivity (Wildman–Crippen MR) is 79.6 cm³/mol. The van der Waals surface area contributed by atoms with Crippen LogP contribution >= 0.6 is 0 Å². The van der Waals surface area contributed by atoms with E-state index in [1.165, 1.54) is 0 Å². The zero-order valence-electron chi connectivity index (χ0n) is 12.3. The maximum absolute atomic E-state index is 12.6. The first kappa shape index (κ1) is 14.6. The number of para-hydroxylation sites is 1. The molecule has 1 heterocycles. The van der Waals surface area contributed by atoms with Gasteiger partial charge in [0.25, 0.3) is 0 Å². The van der Waals surface area contributed by atoms with Gasteiger partial charge >= 0.3 is 0 Å². The van der Waals surface area contributed by atoms with E-state index in [1.54, 1.807) is 4.90 Å². The van der Waals surface area contributed by atoms with Crippen molar-refractivity contribution in [1.82, 2.24) is 5.32 Å². The van der Waals surface area contributed by atoms with Gasteiger partial charge < -0.3 is 10.2 Å². The van der Waals surface area contributed by atoms with Crippen molar-refractivity contribution in [2.45, 2.75) is 39.7 Å². The molecule has 0 saturated carbocycles. The molecule has 1 N–H and O–H groups in total. The van der Waals surface area contributed by atoms with Crippen molar-refractivity contribution >= 4 is 17.5 Å². The van der Waals surface area contributed by atoms with Crippen LogP contribution in [0.3, 0.4) is 0 Å². The SMILES string of the molecule is CCCc1ccccc1N1CC(=O)NC(C(C)C)C1=O. The average Bonchev–Trinajstić information content (AvgIpc) is 2.42. The van der Waals surface area contributed by atoms with Crippen LogP contribution in [0.4, 0.5) is 5.69 Å². The van der Waals surface area contributed by atoms with E-state index in [2.05, 4.69) is 12.2 Å². The van der Waals surface area contributed by atoms with E-state index < -0.39 is 6.04 Å². The van der Waals surface area contributed by atoms with Crippen LogP contribution in [0.1, 0.15) is 32.8 Å². The molecule has 0 spiro atoms. The highest BCUT2D eigenvalue weighted by Crippen LogP contribution is 2.25. The Hall–Kier alpha value is -1.84. The number of carbonyl (C=O) groups is 2. The molecule has 0 aliphatic carbocycles. The zero-order valence-corrected chi connectivity index (χ0v) is 12.3. The lowest BCUT2D eigenvalue weighted by Crippen LogP contribution is -2.60. The van der Waals surface area contributed by atoms with E-state index >= 15 is 0 Å². The molecule has 1 fully saturated rings. The number of rotatable bonds is 4. The van der Waals surface area contributed by atoms with Gasteiger partial charge in [-0.05, 0) is 24.0 Å². The van der Waals surface area contributed by atoms with Crippen LogP contribution in [0.15, 0.2) is 24.3 Å². The number of hydrogen-bond acceptors (Lipinski definition) is 2. The van der Waals surface area contributed by atoms with Crippen LogP contribution in [-0.4, -0.2) is 24.4 Å². The van der Waals surface area contributed by atoms with Gasteiger partial charge in [0.05, 0.1) is 0 Å². The number of nitrogens with one attached hydrogen (secondary N) is 1. The molecule has 4 nitrogen and oxygen atoms in total. The summed E-state index contributed by atoms with van der Waals surface area (Å²) in [4.78, 5) is 26.1. The quantitative estimate of drug-likeness (QED) is 0.914. The topological polar surface area (TPSA) is 49.4 Å². The van der Waals surface area contributed by atoms with E-state index in [0.717, 1.165) is 24.1 Å². The summed E-state index contributed by atoms with van der Waals surface area (Å²) in [5.41, 5.74) is 2.00. The fourth-order valence-electron chi connectivity index (χ4n) is 2.58. The number of benzene rings is 1. The molecule has 1 aromatic rings. The first-order valence-corrected chi connectivity index (χ1v) is 7.23. The fraction of sp³-hybridized carbons (Fsp3) is 0.500. The second-order valence-electron chi connectivity index (χ2n) is 5.59. The maximum atomic E-state index is 12.6. The zero-order chi connectivity index (χ0) is 14.7. The minimum atomic E-state index is -0.425. The summed E-state index contributed by atoms with van der Waals surface area (Å²) < 4.78 is 0. The van der Waals surface area contributed by atoms with Crippen molar-refractivity contribution in [2.75, 3.05) is 11.4 Å². The van der Waals surface area contributed by atoms with Crippen LogP contribution < -0.4 is 10.2 Å². The lowest BCUT2D eigenvalue weighted by molar-refractivity contribution is -0.132. The Morgan fingerprint density at radius 1 is 1.30 bits per heavy atom. The van der Waals surface area contributed by atoms with E-state index in [4.69, 9.17) is 0 Å². The highest BCUT2D eigenvalue weighted by atomic mass is 16.2. The van der Waals surface area contributed by atoms with E-state index in [1.807, 2.05) is 38.1 Å². The molecular formula is C16H22N2O2. The third-order valence-corrected chi connectivity index (χ3v) is 3.62. The molecule has 0 radical (unpaired) electrons. The number of aryl methyl sites for hydroxylation is 1.